The topological polar surface area (TPSA) is 61.4 Å². The second-order valence-electron chi connectivity index (χ2n) is 6.50. The molecule has 6 nitrogen and oxygen atoms in total. The lowest BCUT2D eigenvalue weighted by molar-refractivity contribution is -0.141. The third-order valence-corrected chi connectivity index (χ3v) is 4.72. The van der Waals surface area contributed by atoms with Crippen LogP contribution < -0.4 is 10.2 Å². The molecule has 0 bridgehead atoms. The van der Waals surface area contributed by atoms with E-state index < -0.39 is 11.9 Å². The average Bonchev–Trinajstić information content (AvgIpc) is 2.62. The minimum Gasteiger partial charge on any atom is -0.337 e. The van der Waals surface area contributed by atoms with Crippen molar-refractivity contribution < 1.29 is 18.0 Å². The van der Waals surface area contributed by atoms with Gasteiger partial charge in [-0.15, -0.1) is 0 Å². The molecular formula is C16H22F3N5O. The van der Waals surface area contributed by atoms with Crippen LogP contribution in [-0.2, 0) is 6.18 Å². The summed E-state index contributed by atoms with van der Waals surface area (Å²) in [5, 5.41) is 3.06. The van der Waals surface area contributed by atoms with Gasteiger partial charge < -0.3 is 15.1 Å². The molecular weight excluding hydrogens is 335 g/mol. The molecule has 3 rings (SSSR count). The van der Waals surface area contributed by atoms with Gasteiger partial charge in [0, 0.05) is 38.4 Å². The fourth-order valence-electron chi connectivity index (χ4n) is 3.28. The Morgan fingerprint density at radius 2 is 1.80 bits per heavy atom. The summed E-state index contributed by atoms with van der Waals surface area (Å²) in [6.45, 7) is 1.72. The Labute approximate surface area is 144 Å². The van der Waals surface area contributed by atoms with E-state index in [-0.39, 0.29) is 18.0 Å². The van der Waals surface area contributed by atoms with Gasteiger partial charge in [-0.2, -0.15) is 13.2 Å². The van der Waals surface area contributed by atoms with Gasteiger partial charge in [0.1, 0.15) is 5.69 Å². The van der Waals surface area contributed by atoms with Crippen molar-refractivity contribution >= 4 is 12.0 Å². The third-order valence-electron chi connectivity index (χ3n) is 4.72. The van der Waals surface area contributed by atoms with Crippen molar-refractivity contribution in [3.8, 4) is 0 Å². The van der Waals surface area contributed by atoms with Crippen LogP contribution in [0.1, 0.15) is 37.8 Å². The Hall–Kier alpha value is -2.06. The van der Waals surface area contributed by atoms with E-state index in [0.717, 1.165) is 37.9 Å². The lowest BCUT2D eigenvalue weighted by atomic mass is 9.96. The molecule has 1 aromatic heterocycles. The third kappa shape index (κ3) is 4.52. The van der Waals surface area contributed by atoms with Crippen LogP contribution in [0.2, 0.25) is 0 Å². The van der Waals surface area contributed by atoms with Crippen LogP contribution in [-0.4, -0.2) is 53.1 Å². The molecule has 2 fully saturated rings. The number of halogens is 3. The van der Waals surface area contributed by atoms with Gasteiger partial charge in [0.25, 0.3) is 0 Å². The number of anilines is 1. The molecule has 1 aliphatic heterocycles. The number of alkyl halides is 3. The van der Waals surface area contributed by atoms with Gasteiger partial charge in [-0.1, -0.05) is 19.3 Å². The van der Waals surface area contributed by atoms with Crippen LogP contribution in [0, 0.1) is 0 Å². The second-order valence-corrected chi connectivity index (χ2v) is 6.50. The predicted octanol–water partition coefficient (Wildman–Crippen LogP) is 2.66. The lowest BCUT2D eigenvalue weighted by Crippen LogP contribution is -2.54. The largest absolute Gasteiger partial charge is 0.433 e. The van der Waals surface area contributed by atoms with Crippen LogP contribution in [0.3, 0.4) is 0 Å². The average molecular weight is 357 g/mol. The number of amides is 2. The number of carbonyl (C=O) groups is 1. The summed E-state index contributed by atoms with van der Waals surface area (Å²) in [6, 6.07) is 1.01. The Morgan fingerprint density at radius 3 is 2.44 bits per heavy atom. The lowest BCUT2D eigenvalue weighted by Gasteiger charge is -2.36. The molecule has 0 aromatic carbocycles. The monoisotopic (exact) mass is 357 g/mol. The molecule has 1 saturated carbocycles. The maximum absolute atomic E-state index is 12.8. The summed E-state index contributed by atoms with van der Waals surface area (Å²) >= 11 is 0. The van der Waals surface area contributed by atoms with Gasteiger partial charge in [-0.05, 0) is 18.9 Å². The Bertz CT molecular complexity index is 596. The quantitative estimate of drug-likeness (QED) is 0.884. The number of hydrogen-bond acceptors (Lipinski definition) is 4. The number of nitrogens with one attached hydrogen (secondary N) is 1. The molecule has 0 atom stereocenters. The van der Waals surface area contributed by atoms with Crippen molar-refractivity contribution in [1.82, 2.24) is 20.2 Å². The summed E-state index contributed by atoms with van der Waals surface area (Å²) < 4.78 is 38.3. The molecule has 1 saturated heterocycles. The molecule has 1 aromatic rings. The van der Waals surface area contributed by atoms with Crippen molar-refractivity contribution in [2.45, 2.75) is 44.3 Å². The first-order chi connectivity index (χ1) is 11.9. The molecule has 1 N–H and O–H groups in total. The van der Waals surface area contributed by atoms with Crippen molar-refractivity contribution in [3.63, 3.8) is 0 Å². The van der Waals surface area contributed by atoms with Crippen LogP contribution >= 0.6 is 0 Å². The van der Waals surface area contributed by atoms with Crippen molar-refractivity contribution in [1.29, 1.82) is 0 Å². The van der Waals surface area contributed by atoms with Gasteiger partial charge in [-0.3, -0.25) is 0 Å². The van der Waals surface area contributed by atoms with E-state index in [1.165, 1.54) is 6.42 Å². The highest BCUT2D eigenvalue weighted by Gasteiger charge is 2.33. The smallest absolute Gasteiger partial charge is 0.337 e. The predicted molar refractivity (Wildman–Crippen MR) is 86.2 cm³/mol. The summed E-state index contributed by atoms with van der Waals surface area (Å²) in [6.07, 6.45) is 2.18. The summed E-state index contributed by atoms with van der Waals surface area (Å²) in [5.74, 6) is 0.0576. The van der Waals surface area contributed by atoms with E-state index in [9.17, 15) is 18.0 Å². The highest BCUT2D eigenvalue weighted by atomic mass is 19.4. The Kier molecular flexibility index (Phi) is 5.29. The standard InChI is InChI=1S/C16H22F3N5O/c17-16(18,19)13-6-7-20-14(22-13)23-8-10-24(11-9-23)15(25)21-12-4-2-1-3-5-12/h6-7,12H,1-5,8-11H2,(H,21,25). The minimum absolute atomic E-state index is 0.0576. The first-order valence-electron chi connectivity index (χ1n) is 8.64. The zero-order valence-corrected chi connectivity index (χ0v) is 13.9. The molecule has 138 valence electrons. The van der Waals surface area contributed by atoms with Crippen molar-refractivity contribution in [2.24, 2.45) is 0 Å². The SMILES string of the molecule is O=C(NC1CCCCC1)N1CCN(c2nccc(C(F)(F)F)n2)CC1. The summed E-state index contributed by atoms with van der Waals surface area (Å²) in [7, 11) is 0. The van der Waals surface area contributed by atoms with E-state index in [1.807, 2.05) is 0 Å². The Morgan fingerprint density at radius 1 is 1.12 bits per heavy atom. The highest BCUT2D eigenvalue weighted by molar-refractivity contribution is 5.74. The minimum atomic E-state index is -4.49. The van der Waals surface area contributed by atoms with Crippen molar-refractivity contribution in [3.05, 3.63) is 18.0 Å². The fourth-order valence-corrected chi connectivity index (χ4v) is 3.28. The number of nitrogens with zero attached hydrogens (tertiary/aromatic N) is 4. The molecule has 0 unspecified atom stereocenters. The Balaban J connectivity index is 1.54. The molecule has 2 aliphatic rings. The molecule has 0 radical (unpaired) electrons. The van der Waals surface area contributed by atoms with E-state index in [1.54, 1.807) is 9.80 Å². The number of aromatic nitrogens is 2. The molecule has 2 amide bonds. The van der Waals surface area contributed by atoms with E-state index in [0.29, 0.717) is 26.2 Å². The zero-order valence-electron chi connectivity index (χ0n) is 13.9. The van der Waals surface area contributed by atoms with Gasteiger partial charge in [0.2, 0.25) is 5.95 Å². The van der Waals surface area contributed by atoms with Gasteiger partial charge >= 0.3 is 12.2 Å². The van der Waals surface area contributed by atoms with Gasteiger partial charge in [0.05, 0.1) is 0 Å². The fraction of sp³-hybridized carbons (Fsp3) is 0.688. The number of hydrogen-bond donors (Lipinski definition) is 1. The molecule has 9 heteroatoms. The maximum Gasteiger partial charge on any atom is 0.433 e. The number of carbonyl (C=O) groups excluding carboxylic acids is 1. The van der Waals surface area contributed by atoms with E-state index >= 15 is 0 Å². The van der Waals surface area contributed by atoms with Gasteiger partial charge in [-0.25, -0.2) is 14.8 Å². The zero-order chi connectivity index (χ0) is 17.9. The second kappa shape index (κ2) is 7.45. The highest BCUT2D eigenvalue weighted by Crippen LogP contribution is 2.28. The number of urea groups is 1. The normalized spacial score (nSPS) is 19.8. The van der Waals surface area contributed by atoms with Crippen LogP contribution in [0.5, 0.6) is 0 Å². The summed E-state index contributed by atoms with van der Waals surface area (Å²) in [5.41, 5.74) is -0.949. The molecule has 2 heterocycles. The molecule has 25 heavy (non-hydrogen) atoms. The van der Waals surface area contributed by atoms with Crippen LogP contribution in [0.15, 0.2) is 12.3 Å². The molecule has 1 aliphatic carbocycles. The van der Waals surface area contributed by atoms with Crippen molar-refractivity contribution in [2.75, 3.05) is 31.1 Å². The van der Waals surface area contributed by atoms with E-state index in [2.05, 4.69) is 15.3 Å². The van der Waals surface area contributed by atoms with Crippen LogP contribution in [0.25, 0.3) is 0 Å². The first kappa shape index (κ1) is 17.8. The first-order valence-corrected chi connectivity index (χ1v) is 8.64. The van der Waals surface area contributed by atoms with Gasteiger partial charge in [0.15, 0.2) is 0 Å². The number of piperazine rings is 1. The molecule has 0 spiro atoms. The summed E-state index contributed by atoms with van der Waals surface area (Å²) in [4.78, 5) is 23.2. The number of rotatable bonds is 2. The van der Waals surface area contributed by atoms with Crippen LogP contribution in [0.4, 0.5) is 23.9 Å². The van der Waals surface area contributed by atoms with E-state index in [4.69, 9.17) is 0 Å². The maximum atomic E-state index is 12.8.